The molecule has 248 valence electrons. The van der Waals surface area contributed by atoms with E-state index in [2.05, 4.69) is 144 Å². The predicted octanol–water partition coefficient (Wildman–Crippen LogP) is 14.9. The minimum atomic E-state index is 0.844. The number of rotatable bonds is 4. The Morgan fingerprint density at radius 1 is 0.358 bits per heavy atom. The largest absolute Gasteiger partial charge is 0.456 e. The molecule has 12 aromatic rings. The maximum Gasteiger partial charge on any atom is 0.137 e. The highest BCUT2D eigenvalue weighted by Gasteiger charge is 2.21. The zero-order valence-electron chi connectivity index (χ0n) is 28.2. The van der Waals surface area contributed by atoms with Gasteiger partial charge in [0.25, 0.3) is 0 Å². The highest BCUT2D eigenvalue weighted by atomic mass is 32.1. The van der Waals surface area contributed by atoms with E-state index in [1.54, 1.807) is 0 Å². The fraction of sp³-hybridized carbons (Fsp3) is 0. The molecule has 4 aromatic heterocycles. The fourth-order valence-electron chi connectivity index (χ4n) is 8.29. The van der Waals surface area contributed by atoms with Crippen LogP contribution in [0.2, 0.25) is 0 Å². The molecule has 0 aliphatic carbocycles. The molecule has 0 saturated carbocycles. The molecule has 0 N–H and O–H groups in total. The van der Waals surface area contributed by atoms with Gasteiger partial charge in [0.1, 0.15) is 33.5 Å². The van der Waals surface area contributed by atoms with Crippen molar-refractivity contribution in [1.82, 2.24) is 0 Å². The van der Waals surface area contributed by atoms with Crippen LogP contribution in [0.25, 0.3) is 97.1 Å². The number of furan rings is 3. The summed E-state index contributed by atoms with van der Waals surface area (Å²) in [7, 11) is 0. The molecule has 0 radical (unpaired) electrons. The Morgan fingerprint density at radius 3 is 1.64 bits per heavy atom. The van der Waals surface area contributed by atoms with Crippen LogP contribution in [0.15, 0.2) is 177 Å². The van der Waals surface area contributed by atoms with Crippen LogP contribution < -0.4 is 4.90 Å². The number of hydrogen-bond acceptors (Lipinski definition) is 5. The van der Waals surface area contributed by atoms with E-state index >= 15 is 0 Å². The summed E-state index contributed by atoms with van der Waals surface area (Å²) < 4.78 is 21.9. The molecule has 0 bridgehead atoms. The first kappa shape index (κ1) is 28.8. The molecule has 0 aliphatic rings. The molecule has 0 aliphatic heterocycles. The molecule has 8 aromatic carbocycles. The lowest BCUT2D eigenvalue weighted by Gasteiger charge is -2.26. The second kappa shape index (κ2) is 10.8. The average Bonchev–Trinajstić information content (AvgIpc) is 3.97. The van der Waals surface area contributed by atoms with Crippen molar-refractivity contribution >= 4 is 114 Å². The van der Waals surface area contributed by atoms with Gasteiger partial charge in [-0.05, 0) is 83.9 Å². The third kappa shape index (κ3) is 4.23. The standard InChI is InChI=1S/C48H27NO3S/c1-4-15-39-33(11-1)35-21-19-30(26-43(35)50-39)49(31-20-22-36-34-12-2-5-16-40(34)51-44(36)27-31)29-10-7-9-28(25-29)32-14-8-17-41-46(32)47-42(52-41)24-23-38-37-13-3-6-18-45(37)53-48(38)47/h1-27H. The van der Waals surface area contributed by atoms with E-state index < -0.39 is 0 Å². The number of para-hydroxylation sites is 2. The Hall–Kier alpha value is -6.82. The van der Waals surface area contributed by atoms with Crippen molar-refractivity contribution < 1.29 is 13.3 Å². The molecule has 53 heavy (non-hydrogen) atoms. The lowest BCUT2D eigenvalue weighted by molar-refractivity contribution is 0.668. The van der Waals surface area contributed by atoms with Crippen LogP contribution in [-0.4, -0.2) is 0 Å². The van der Waals surface area contributed by atoms with Crippen molar-refractivity contribution in [3.63, 3.8) is 0 Å². The molecule has 0 amide bonds. The number of hydrogen-bond donors (Lipinski definition) is 0. The normalized spacial score (nSPS) is 12.2. The monoisotopic (exact) mass is 697 g/mol. The van der Waals surface area contributed by atoms with Crippen LogP contribution in [0.5, 0.6) is 0 Å². The lowest BCUT2D eigenvalue weighted by Crippen LogP contribution is -2.10. The molecule has 0 saturated heterocycles. The van der Waals surface area contributed by atoms with E-state index in [0.717, 1.165) is 88.6 Å². The second-order valence-electron chi connectivity index (χ2n) is 13.6. The van der Waals surface area contributed by atoms with Gasteiger partial charge in [-0.25, -0.2) is 0 Å². The van der Waals surface area contributed by atoms with Gasteiger partial charge in [-0.1, -0.05) is 78.9 Å². The zero-order chi connectivity index (χ0) is 34.6. The molecule has 0 atom stereocenters. The Morgan fingerprint density at radius 2 is 0.906 bits per heavy atom. The van der Waals surface area contributed by atoms with Crippen LogP contribution in [0.3, 0.4) is 0 Å². The quantitative estimate of drug-likeness (QED) is 0.184. The lowest BCUT2D eigenvalue weighted by atomic mass is 9.98. The molecule has 0 fully saturated rings. The van der Waals surface area contributed by atoms with Crippen LogP contribution >= 0.6 is 11.3 Å². The fourth-order valence-corrected chi connectivity index (χ4v) is 9.54. The SMILES string of the molecule is c1cc(-c2cccc3oc4ccc5c6ccccc6sc5c4c23)cc(N(c2ccc3c(c2)oc2ccccc23)c2ccc3c(c2)oc2ccccc23)c1. The number of anilines is 3. The van der Waals surface area contributed by atoms with Crippen molar-refractivity contribution in [2.75, 3.05) is 4.90 Å². The number of benzene rings is 8. The van der Waals surface area contributed by atoms with Gasteiger partial charge >= 0.3 is 0 Å². The van der Waals surface area contributed by atoms with Gasteiger partial charge in [0.05, 0.1) is 0 Å². The minimum Gasteiger partial charge on any atom is -0.456 e. The summed E-state index contributed by atoms with van der Waals surface area (Å²) in [5.74, 6) is 0. The van der Waals surface area contributed by atoms with Crippen molar-refractivity contribution in [1.29, 1.82) is 0 Å². The van der Waals surface area contributed by atoms with Crippen molar-refractivity contribution in [2.24, 2.45) is 0 Å². The summed E-state index contributed by atoms with van der Waals surface area (Å²) in [5.41, 5.74) is 10.5. The molecule has 12 rings (SSSR count). The van der Waals surface area contributed by atoms with Gasteiger partial charge < -0.3 is 18.2 Å². The van der Waals surface area contributed by atoms with Crippen LogP contribution in [0, 0.1) is 0 Å². The van der Waals surface area contributed by atoms with Crippen LogP contribution in [0.4, 0.5) is 17.1 Å². The van der Waals surface area contributed by atoms with E-state index in [0.29, 0.717) is 0 Å². The Bertz CT molecular complexity index is 3320. The maximum absolute atomic E-state index is 6.54. The van der Waals surface area contributed by atoms with Gasteiger partial charge in [0.2, 0.25) is 0 Å². The molecule has 0 spiro atoms. The highest BCUT2D eigenvalue weighted by Crippen LogP contribution is 2.46. The van der Waals surface area contributed by atoms with Gasteiger partial charge in [0, 0.05) is 81.7 Å². The average molecular weight is 698 g/mol. The first-order valence-electron chi connectivity index (χ1n) is 17.7. The van der Waals surface area contributed by atoms with E-state index in [1.807, 2.05) is 35.6 Å². The Labute approximate surface area is 306 Å². The maximum atomic E-state index is 6.54. The van der Waals surface area contributed by atoms with Gasteiger partial charge in [-0.3, -0.25) is 0 Å². The summed E-state index contributed by atoms with van der Waals surface area (Å²) in [4.78, 5) is 2.29. The predicted molar refractivity (Wildman–Crippen MR) is 221 cm³/mol. The smallest absolute Gasteiger partial charge is 0.137 e. The van der Waals surface area contributed by atoms with E-state index in [4.69, 9.17) is 13.3 Å². The minimum absolute atomic E-state index is 0.844. The molecular formula is C48H27NO3S. The summed E-state index contributed by atoms with van der Waals surface area (Å²) in [6.45, 7) is 0. The summed E-state index contributed by atoms with van der Waals surface area (Å²) in [5, 5.41) is 9.25. The first-order chi connectivity index (χ1) is 26.2. The van der Waals surface area contributed by atoms with E-state index in [9.17, 15) is 0 Å². The van der Waals surface area contributed by atoms with Gasteiger partial charge in [-0.15, -0.1) is 11.3 Å². The van der Waals surface area contributed by atoms with Crippen LogP contribution in [0.1, 0.15) is 0 Å². The van der Waals surface area contributed by atoms with Crippen LogP contribution in [-0.2, 0) is 0 Å². The molecule has 5 heteroatoms. The van der Waals surface area contributed by atoms with E-state index in [-0.39, 0.29) is 0 Å². The number of fused-ring (bicyclic) bond motifs is 13. The summed E-state index contributed by atoms with van der Waals surface area (Å²) in [6, 6.07) is 57.6. The Kier molecular flexibility index (Phi) is 5.90. The third-order valence-corrected chi connectivity index (χ3v) is 11.9. The first-order valence-corrected chi connectivity index (χ1v) is 18.6. The van der Waals surface area contributed by atoms with E-state index in [1.165, 1.54) is 25.6 Å². The Balaban J connectivity index is 1.09. The second-order valence-corrected chi connectivity index (χ2v) is 14.7. The number of thiophene rings is 1. The zero-order valence-corrected chi connectivity index (χ0v) is 29.0. The topological polar surface area (TPSA) is 42.7 Å². The molecule has 4 nitrogen and oxygen atoms in total. The van der Waals surface area contributed by atoms with Gasteiger partial charge in [0.15, 0.2) is 0 Å². The summed E-state index contributed by atoms with van der Waals surface area (Å²) >= 11 is 1.84. The van der Waals surface area contributed by atoms with Crippen molar-refractivity contribution in [3.05, 3.63) is 164 Å². The molecule has 4 heterocycles. The van der Waals surface area contributed by atoms with Gasteiger partial charge in [-0.2, -0.15) is 0 Å². The van der Waals surface area contributed by atoms with Crippen molar-refractivity contribution in [3.8, 4) is 11.1 Å². The highest BCUT2D eigenvalue weighted by molar-refractivity contribution is 7.26. The molecule has 0 unspecified atom stereocenters. The third-order valence-electron chi connectivity index (χ3n) is 10.7. The molecular weight excluding hydrogens is 671 g/mol. The summed E-state index contributed by atoms with van der Waals surface area (Å²) in [6.07, 6.45) is 0. The van der Waals surface area contributed by atoms with Crippen molar-refractivity contribution in [2.45, 2.75) is 0 Å². The number of nitrogens with zero attached hydrogens (tertiary/aromatic N) is 1.